The van der Waals surface area contributed by atoms with Gasteiger partial charge in [-0.3, -0.25) is 9.13 Å². The molecule has 2 aromatic heterocycles. The Morgan fingerprint density at radius 2 is 1.88 bits per heavy atom. The van der Waals surface area contributed by atoms with Crippen LogP contribution in [0.2, 0.25) is 0 Å². The lowest BCUT2D eigenvalue weighted by Crippen LogP contribution is -2.22. The first-order valence-corrected chi connectivity index (χ1v) is 6.32. The molecule has 3 nitrogen and oxygen atoms in total. The van der Waals surface area contributed by atoms with Crippen LogP contribution in [0.4, 0.5) is 0 Å². The van der Waals surface area contributed by atoms with Crippen LogP contribution in [0, 0.1) is 0 Å². The van der Waals surface area contributed by atoms with Crippen molar-refractivity contribution in [1.29, 1.82) is 0 Å². The lowest BCUT2D eigenvalue weighted by molar-refractivity contribution is 0.743. The number of para-hydroxylation sites is 2. The number of thiophene rings is 1. The highest BCUT2D eigenvalue weighted by Gasteiger charge is 2.10. The zero-order chi connectivity index (χ0) is 11.8. The van der Waals surface area contributed by atoms with E-state index in [2.05, 4.69) is 6.07 Å². The molecule has 4 heteroatoms. The Bertz CT molecular complexity index is 707. The number of nitrogens with zero attached hydrogens (tertiary/aromatic N) is 2. The standard InChI is InChI=1S/C13H12N2OS/c1-14-11-6-2-3-7-12(11)15(13(14)16)9-10-5-4-8-17-10/h2-8H,9H2,1H3. The molecule has 3 aromatic rings. The van der Waals surface area contributed by atoms with Gasteiger partial charge in [-0.25, -0.2) is 4.79 Å². The largest absolute Gasteiger partial charge is 0.329 e. The predicted molar refractivity (Wildman–Crippen MR) is 70.6 cm³/mol. The van der Waals surface area contributed by atoms with Crippen molar-refractivity contribution in [3.63, 3.8) is 0 Å². The Balaban J connectivity index is 2.22. The van der Waals surface area contributed by atoms with Crippen LogP contribution < -0.4 is 5.69 Å². The van der Waals surface area contributed by atoms with Gasteiger partial charge in [-0.15, -0.1) is 11.3 Å². The molecule has 0 radical (unpaired) electrons. The summed E-state index contributed by atoms with van der Waals surface area (Å²) in [7, 11) is 1.82. The number of rotatable bonds is 2. The molecule has 1 aromatic carbocycles. The van der Waals surface area contributed by atoms with E-state index in [0.29, 0.717) is 6.54 Å². The fraction of sp³-hybridized carbons (Fsp3) is 0.154. The summed E-state index contributed by atoms with van der Waals surface area (Å²) in [6.07, 6.45) is 0. The third kappa shape index (κ3) is 1.61. The minimum Gasteiger partial charge on any atom is -0.295 e. The lowest BCUT2D eigenvalue weighted by Gasteiger charge is -1.99. The predicted octanol–water partition coefficient (Wildman–Crippen LogP) is 2.45. The maximum absolute atomic E-state index is 12.1. The van der Waals surface area contributed by atoms with E-state index in [0.717, 1.165) is 11.0 Å². The van der Waals surface area contributed by atoms with Crippen molar-refractivity contribution < 1.29 is 0 Å². The van der Waals surface area contributed by atoms with Crippen molar-refractivity contribution in [3.05, 3.63) is 57.1 Å². The van der Waals surface area contributed by atoms with Crippen molar-refractivity contribution in [2.45, 2.75) is 6.54 Å². The van der Waals surface area contributed by atoms with E-state index in [1.165, 1.54) is 4.88 Å². The van der Waals surface area contributed by atoms with Crippen molar-refractivity contribution in [2.75, 3.05) is 0 Å². The summed E-state index contributed by atoms with van der Waals surface area (Å²) in [6.45, 7) is 0.651. The number of hydrogen-bond acceptors (Lipinski definition) is 2. The van der Waals surface area contributed by atoms with Crippen molar-refractivity contribution in [1.82, 2.24) is 9.13 Å². The average Bonchev–Trinajstić information content (AvgIpc) is 2.94. The van der Waals surface area contributed by atoms with E-state index >= 15 is 0 Å². The molecular weight excluding hydrogens is 232 g/mol. The molecule has 0 N–H and O–H groups in total. The Hall–Kier alpha value is -1.81. The van der Waals surface area contributed by atoms with Gasteiger partial charge in [0, 0.05) is 11.9 Å². The van der Waals surface area contributed by atoms with E-state index in [-0.39, 0.29) is 5.69 Å². The molecule has 0 atom stereocenters. The Morgan fingerprint density at radius 3 is 2.59 bits per heavy atom. The molecule has 17 heavy (non-hydrogen) atoms. The quantitative estimate of drug-likeness (QED) is 0.680. The molecule has 86 valence electrons. The first-order chi connectivity index (χ1) is 8.27. The van der Waals surface area contributed by atoms with Crippen LogP contribution in [0.3, 0.4) is 0 Å². The smallest absolute Gasteiger partial charge is 0.295 e. The number of hydrogen-bond donors (Lipinski definition) is 0. The van der Waals surface area contributed by atoms with E-state index in [4.69, 9.17) is 0 Å². The summed E-state index contributed by atoms with van der Waals surface area (Å²) in [5.41, 5.74) is 2.02. The van der Waals surface area contributed by atoms with Crippen molar-refractivity contribution >= 4 is 22.4 Å². The maximum Gasteiger partial charge on any atom is 0.329 e. The van der Waals surface area contributed by atoms with Crippen molar-refractivity contribution in [3.8, 4) is 0 Å². The summed E-state index contributed by atoms with van der Waals surface area (Å²) in [6, 6.07) is 11.9. The molecule has 0 saturated carbocycles. The lowest BCUT2D eigenvalue weighted by atomic mass is 10.3. The van der Waals surface area contributed by atoms with Gasteiger partial charge in [0.2, 0.25) is 0 Å². The van der Waals surface area contributed by atoms with Gasteiger partial charge in [0.1, 0.15) is 0 Å². The Kier molecular flexibility index (Phi) is 2.37. The molecule has 0 aliphatic rings. The van der Waals surface area contributed by atoms with Gasteiger partial charge in [-0.05, 0) is 23.6 Å². The number of aryl methyl sites for hydroxylation is 1. The SMILES string of the molecule is Cn1c(=O)n(Cc2cccs2)c2ccccc21. The van der Waals surface area contributed by atoms with Gasteiger partial charge in [0.25, 0.3) is 0 Å². The Morgan fingerprint density at radius 1 is 1.12 bits per heavy atom. The first kappa shape index (κ1) is 10.4. The van der Waals surface area contributed by atoms with Gasteiger partial charge < -0.3 is 0 Å². The maximum atomic E-state index is 12.1. The summed E-state index contributed by atoms with van der Waals surface area (Å²) in [5.74, 6) is 0. The molecule has 0 saturated heterocycles. The topological polar surface area (TPSA) is 26.9 Å². The van der Waals surface area contributed by atoms with Gasteiger partial charge in [-0.1, -0.05) is 18.2 Å². The van der Waals surface area contributed by atoms with E-state index < -0.39 is 0 Å². The number of imidazole rings is 1. The minimum absolute atomic E-state index is 0.0413. The molecular formula is C13H12N2OS. The van der Waals surface area contributed by atoms with Crippen LogP contribution in [0.25, 0.3) is 11.0 Å². The van der Waals surface area contributed by atoms with Crippen LogP contribution in [0.15, 0.2) is 46.6 Å². The van der Waals surface area contributed by atoms with E-state index in [1.807, 2.05) is 47.3 Å². The highest BCUT2D eigenvalue weighted by atomic mass is 32.1. The summed E-state index contributed by atoms with van der Waals surface area (Å²) >= 11 is 1.68. The Labute approximate surface area is 103 Å². The van der Waals surface area contributed by atoms with E-state index in [1.54, 1.807) is 15.9 Å². The minimum atomic E-state index is 0.0413. The monoisotopic (exact) mass is 244 g/mol. The number of aromatic nitrogens is 2. The van der Waals surface area contributed by atoms with Gasteiger partial charge in [-0.2, -0.15) is 0 Å². The van der Waals surface area contributed by atoms with Gasteiger partial charge in [0.05, 0.1) is 17.6 Å². The molecule has 0 unspecified atom stereocenters. The molecule has 0 bridgehead atoms. The molecule has 0 fully saturated rings. The second-order valence-corrected chi connectivity index (χ2v) is 5.03. The zero-order valence-corrected chi connectivity index (χ0v) is 10.3. The highest BCUT2D eigenvalue weighted by molar-refractivity contribution is 7.09. The molecule has 0 aliphatic heterocycles. The van der Waals surface area contributed by atoms with Gasteiger partial charge >= 0.3 is 5.69 Å². The summed E-state index contributed by atoms with van der Waals surface area (Å²) in [5, 5.41) is 2.03. The van der Waals surface area contributed by atoms with Crippen molar-refractivity contribution in [2.24, 2.45) is 7.05 Å². The van der Waals surface area contributed by atoms with Crippen LogP contribution in [-0.2, 0) is 13.6 Å². The third-order valence-electron chi connectivity index (χ3n) is 2.95. The molecule has 0 amide bonds. The summed E-state index contributed by atoms with van der Waals surface area (Å²) < 4.78 is 3.52. The summed E-state index contributed by atoms with van der Waals surface area (Å²) in [4.78, 5) is 13.3. The normalized spacial score (nSPS) is 11.1. The number of benzene rings is 1. The first-order valence-electron chi connectivity index (χ1n) is 5.44. The fourth-order valence-corrected chi connectivity index (χ4v) is 2.77. The number of fused-ring (bicyclic) bond motifs is 1. The zero-order valence-electron chi connectivity index (χ0n) is 9.46. The second kappa shape index (κ2) is 3.89. The van der Waals surface area contributed by atoms with Crippen LogP contribution in [0.1, 0.15) is 4.88 Å². The van der Waals surface area contributed by atoms with E-state index in [9.17, 15) is 4.79 Å². The highest BCUT2D eigenvalue weighted by Crippen LogP contribution is 2.15. The third-order valence-corrected chi connectivity index (χ3v) is 3.81. The average molecular weight is 244 g/mol. The molecule has 0 aliphatic carbocycles. The van der Waals surface area contributed by atoms with Gasteiger partial charge in [0.15, 0.2) is 0 Å². The fourth-order valence-electron chi connectivity index (χ4n) is 2.07. The van der Waals surface area contributed by atoms with Crippen LogP contribution in [0.5, 0.6) is 0 Å². The van der Waals surface area contributed by atoms with Crippen LogP contribution in [-0.4, -0.2) is 9.13 Å². The second-order valence-electron chi connectivity index (χ2n) is 4.00. The molecule has 2 heterocycles. The van der Waals surface area contributed by atoms with Crippen LogP contribution >= 0.6 is 11.3 Å². The molecule has 0 spiro atoms. The molecule has 3 rings (SSSR count).